The zero-order valence-electron chi connectivity index (χ0n) is 15.0. The molecule has 2 aliphatic rings. The highest BCUT2D eigenvalue weighted by atomic mass is 32.1. The van der Waals surface area contributed by atoms with Gasteiger partial charge in [0.05, 0.1) is 11.8 Å². The molecule has 0 bridgehead atoms. The Bertz CT molecular complexity index is 785. The monoisotopic (exact) mass is 372 g/mol. The molecule has 2 atom stereocenters. The highest BCUT2D eigenvalue weighted by Gasteiger charge is 2.40. The third kappa shape index (κ3) is 3.40. The highest BCUT2D eigenvalue weighted by Crippen LogP contribution is 2.32. The second-order valence-corrected chi connectivity index (χ2v) is 8.26. The number of hydrogen-bond donors (Lipinski definition) is 0. The Labute approximate surface area is 157 Å². The second-order valence-electron chi connectivity index (χ2n) is 7.23. The van der Waals surface area contributed by atoms with Gasteiger partial charge in [0.2, 0.25) is 5.91 Å². The van der Waals surface area contributed by atoms with Crippen LogP contribution in [0.15, 0.2) is 29.9 Å². The molecule has 6 nitrogen and oxygen atoms in total. The summed E-state index contributed by atoms with van der Waals surface area (Å²) in [7, 11) is 1.82. The number of fused-ring (bicyclic) bond motifs is 1. The molecule has 2 amide bonds. The van der Waals surface area contributed by atoms with Crippen molar-refractivity contribution in [1.82, 2.24) is 19.6 Å². The van der Waals surface area contributed by atoms with Crippen molar-refractivity contribution in [3.05, 3.63) is 40.3 Å². The summed E-state index contributed by atoms with van der Waals surface area (Å²) < 4.78 is 1.66. The molecule has 0 unspecified atom stereocenters. The number of rotatable bonds is 4. The van der Waals surface area contributed by atoms with E-state index >= 15 is 0 Å². The van der Waals surface area contributed by atoms with E-state index in [0.29, 0.717) is 24.4 Å². The van der Waals surface area contributed by atoms with Gasteiger partial charge in [0, 0.05) is 50.2 Å². The number of amides is 2. The van der Waals surface area contributed by atoms with Crippen LogP contribution in [0.25, 0.3) is 0 Å². The molecular formula is C19H24N4O2S. The third-order valence-electron chi connectivity index (χ3n) is 5.56. The molecule has 2 aromatic rings. The van der Waals surface area contributed by atoms with Crippen molar-refractivity contribution in [2.75, 3.05) is 19.6 Å². The number of piperidine rings is 2. The van der Waals surface area contributed by atoms with Gasteiger partial charge in [-0.05, 0) is 36.6 Å². The van der Waals surface area contributed by atoms with Crippen molar-refractivity contribution in [3.8, 4) is 0 Å². The molecule has 0 aliphatic carbocycles. The molecule has 0 spiro atoms. The van der Waals surface area contributed by atoms with Gasteiger partial charge in [0.15, 0.2) is 0 Å². The molecule has 2 aromatic heterocycles. The van der Waals surface area contributed by atoms with Crippen molar-refractivity contribution in [3.63, 3.8) is 0 Å². The highest BCUT2D eigenvalue weighted by molar-refractivity contribution is 7.09. The number of aryl methyl sites for hydroxylation is 1. The second kappa shape index (κ2) is 7.23. The van der Waals surface area contributed by atoms with Crippen LogP contribution in [-0.2, 0) is 18.3 Å². The fourth-order valence-electron chi connectivity index (χ4n) is 4.23. The predicted octanol–water partition coefficient (Wildman–Crippen LogP) is 2.18. The first-order valence-electron chi connectivity index (χ1n) is 9.21. The number of carbonyl (C=O) groups is 2. The minimum atomic E-state index is 0.0542. The number of hydrogen-bond acceptors (Lipinski definition) is 4. The summed E-state index contributed by atoms with van der Waals surface area (Å²) in [5.41, 5.74) is 0.646. The molecule has 138 valence electrons. The molecule has 26 heavy (non-hydrogen) atoms. The first kappa shape index (κ1) is 17.3. The third-order valence-corrected chi connectivity index (χ3v) is 6.50. The lowest BCUT2D eigenvalue weighted by Gasteiger charge is -2.47. The van der Waals surface area contributed by atoms with Crippen LogP contribution in [0, 0.1) is 5.92 Å². The van der Waals surface area contributed by atoms with Gasteiger partial charge in [-0.15, -0.1) is 11.3 Å². The summed E-state index contributed by atoms with van der Waals surface area (Å²) in [5, 5.41) is 6.18. The van der Waals surface area contributed by atoms with Crippen molar-refractivity contribution >= 4 is 23.2 Å². The van der Waals surface area contributed by atoms with E-state index in [2.05, 4.69) is 27.5 Å². The Morgan fingerprint density at radius 3 is 3.00 bits per heavy atom. The lowest BCUT2D eigenvalue weighted by atomic mass is 9.83. The Balaban J connectivity index is 1.41. The Hall–Kier alpha value is -2.15. The molecule has 0 aromatic carbocycles. The first-order chi connectivity index (χ1) is 12.6. The number of likely N-dealkylation sites (tertiary alicyclic amines) is 2. The van der Waals surface area contributed by atoms with Crippen LogP contribution in [0.3, 0.4) is 0 Å². The smallest absolute Gasteiger partial charge is 0.257 e. The average molecular weight is 372 g/mol. The maximum atomic E-state index is 12.7. The predicted molar refractivity (Wildman–Crippen MR) is 100.0 cm³/mol. The zero-order chi connectivity index (χ0) is 18.1. The SMILES string of the molecule is Cn1cc(C(=O)N2CC[C@@H]3[C@@H](CCC(=O)N3CCc3cccs3)C2)cn1. The van der Waals surface area contributed by atoms with Crippen LogP contribution in [0.2, 0.25) is 0 Å². The number of carbonyl (C=O) groups excluding carboxylic acids is 2. The molecular weight excluding hydrogens is 348 g/mol. The zero-order valence-corrected chi connectivity index (χ0v) is 15.8. The van der Waals surface area contributed by atoms with Crippen molar-refractivity contribution in [2.24, 2.45) is 13.0 Å². The van der Waals surface area contributed by atoms with Gasteiger partial charge in [-0.3, -0.25) is 14.3 Å². The maximum Gasteiger partial charge on any atom is 0.257 e. The molecule has 2 fully saturated rings. The summed E-state index contributed by atoms with van der Waals surface area (Å²) in [4.78, 5) is 30.5. The fraction of sp³-hybridized carbons (Fsp3) is 0.526. The Kier molecular flexibility index (Phi) is 4.80. The topological polar surface area (TPSA) is 58.4 Å². The molecule has 2 saturated heterocycles. The lowest BCUT2D eigenvalue weighted by Crippen LogP contribution is -2.57. The minimum absolute atomic E-state index is 0.0542. The summed E-state index contributed by atoms with van der Waals surface area (Å²) >= 11 is 1.75. The number of nitrogens with zero attached hydrogens (tertiary/aromatic N) is 4. The lowest BCUT2D eigenvalue weighted by molar-refractivity contribution is -0.140. The van der Waals surface area contributed by atoms with Crippen molar-refractivity contribution in [1.29, 1.82) is 0 Å². The molecule has 0 radical (unpaired) electrons. The van der Waals surface area contributed by atoms with E-state index in [1.165, 1.54) is 4.88 Å². The normalized spacial score (nSPS) is 23.2. The Morgan fingerprint density at radius 1 is 1.38 bits per heavy atom. The first-order valence-corrected chi connectivity index (χ1v) is 10.1. The van der Waals surface area contributed by atoms with Crippen molar-refractivity contribution < 1.29 is 9.59 Å². The quantitative estimate of drug-likeness (QED) is 0.827. The van der Waals surface area contributed by atoms with Gasteiger partial charge in [-0.1, -0.05) is 6.07 Å². The Morgan fingerprint density at radius 2 is 2.27 bits per heavy atom. The summed E-state index contributed by atoms with van der Waals surface area (Å²) in [5.74, 6) is 0.707. The maximum absolute atomic E-state index is 12.7. The largest absolute Gasteiger partial charge is 0.339 e. The molecule has 0 N–H and O–H groups in total. The van der Waals surface area contributed by atoms with E-state index in [4.69, 9.17) is 0 Å². The van der Waals surface area contributed by atoms with Crippen LogP contribution in [0.4, 0.5) is 0 Å². The summed E-state index contributed by atoms with van der Waals surface area (Å²) in [6, 6.07) is 4.46. The average Bonchev–Trinajstić information content (AvgIpc) is 3.31. The molecule has 7 heteroatoms. The van der Waals surface area contributed by atoms with Gasteiger partial charge in [-0.25, -0.2) is 0 Å². The summed E-state index contributed by atoms with van der Waals surface area (Å²) in [6.45, 7) is 2.23. The molecule has 0 saturated carbocycles. The molecule has 4 rings (SSSR count). The number of thiophene rings is 1. The van der Waals surface area contributed by atoms with E-state index in [0.717, 1.165) is 32.4 Å². The van der Waals surface area contributed by atoms with Gasteiger partial charge in [0.1, 0.15) is 0 Å². The summed E-state index contributed by atoms with van der Waals surface area (Å²) in [6.07, 6.45) is 6.67. The standard InChI is InChI=1S/C19H24N4O2S/c1-21-12-15(11-20-21)19(25)22-8-7-17-14(13-22)4-5-18(24)23(17)9-6-16-3-2-10-26-16/h2-3,10-12,14,17H,4-9,13H2,1H3/t14-,17+/m0/s1. The van der Waals surface area contributed by atoms with Gasteiger partial charge >= 0.3 is 0 Å². The number of aromatic nitrogens is 2. The van der Waals surface area contributed by atoms with Crippen molar-refractivity contribution in [2.45, 2.75) is 31.7 Å². The minimum Gasteiger partial charge on any atom is -0.339 e. The van der Waals surface area contributed by atoms with Crippen LogP contribution in [0.5, 0.6) is 0 Å². The van der Waals surface area contributed by atoms with Crippen LogP contribution in [0.1, 0.15) is 34.5 Å². The van der Waals surface area contributed by atoms with Crippen LogP contribution >= 0.6 is 11.3 Å². The van der Waals surface area contributed by atoms with Crippen LogP contribution < -0.4 is 0 Å². The van der Waals surface area contributed by atoms with E-state index in [9.17, 15) is 9.59 Å². The molecule has 4 heterocycles. The van der Waals surface area contributed by atoms with E-state index in [1.54, 1.807) is 28.4 Å². The molecule has 2 aliphatic heterocycles. The fourth-order valence-corrected chi connectivity index (χ4v) is 4.92. The van der Waals surface area contributed by atoms with E-state index in [-0.39, 0.29) is 17.9 Å². The van der Waals surface area contributed by atoms with Gasteiger partial charge < -0.3 is 9.80 Å². The van der Waals surface area contributed by atoms with E-state index < -0.39 is 0 Å². The van der Waals surface area contributed by atoms with Crippen LogP contribution in [-0.4, -0.2) is 57.1 Å². The van der Waals surface area contributed by atoms with Gasteiger partial charge in [-0.2, -0.15) is 5.10 Å². The van der Waals surface area contributed by atoms with Gasteiger partial charge in [0.25, 0.3) is 5.91 Å². The van der Waals surface area contributed by atoms with E-state index in [1.807, 2.05) is 11.9 Å².